The molecule has 1 aromatic carbocycles. The first kappa shape index (κ1) is 15.6. The number of hydrogen-bond donors (Lipinski definition) is 2. The van der Waals surface area contributed by atoms with Crippen molar-refractivity contribution in [1.82, 2.24) is 5.32 Å². The minimum atomic E-state index is -2.84. The van der Waals surface area contributed by atoms with Crippen molar-refractivity contribution in [3.8, 4) is 5.75 Å². The fraction of sp³-hybridized carbons (Fsp3) is 0.300. The molecule has 0 aliphatic carbocycles. The van der Waals surface area contributed by atoms with E-state index in [1.54, 1.807) is 7.05 Å². The summed E-state index contributed by atoms with van der Waals surface area (Å²) in [5, 5.41) is 5.27. The summed E-state index contributed by atoms with van der Waals surface area (Å²) in [6.07, 6.45) is 0. The Kier molecular flexibility index (Phi) is 7.16. The van der Waals surface area contributed by atoms with Gasteiger partial charge in [0.2, 0.25) is 5.91 Å². The highest BCUT2D eigenvalue weighted by Crippen LogP contribution is 2.17. The molecule has 7 heteroatoms. The number of amides is 1. The number of anilines is 1. The van der Waals surface area contributed by atoms with Crippen LogP contribution in [0.2, 0.25) is 0 Å². The lowest BCUT2D eigenvalue weighted by Crippen LogP contribution is -2.24. The molecule has 0 aromatic heterocycles. The second-order valence-electron chi connectivity index (χ2n) is 2.98. The second kappa shape index (κ2) is 7.81. The van der Waals surface area contributed by atoms with Crippen molar-refractivity contribution in [2.75, 3.05) is 18.9 Å². The molecule has 0 saturated heterocycles. The van der Waals surface area contributed by atoms with E-state index in [-0.39, 0.29) is 30.6 Å². The highest BCUT2D eigenvalue weighted by Gasteiger charge is 2.04. The van der Waals surface area contributed by atoms with E-state index < -0.39 is 6.61 Å². The average Bonchev–Trinajstić information content (AvgIpc) is 2.20. The number of carbonyl (C=O) groups excluding carboxylic acids is 1. The highest BCUT2D eigenvalue weighted by molar-refractivity contribution is 5.92. The Hall–Kier alpha value is -1.40. The van der Waals surface area contributed by atoms with Crippen molar-refractivity contribution in [2.24, 2.45) is 0 Å². The van der Waals surface area contributed by atoms with Crippen LogP contribution in [0.25, 0.3) is 0 Å². The molecule has 17 heavy (non-hydrogen) atoms. The van der Waals surface area contributed by atoms with Crippen molar-refractivity contribution in [3.63, 3.8) is 0 Å². The molecule has 4 nitrogen and oxygen atoms in total. The quantitative estimate of drug-likeness (QED) is 0.855. The monoisotopic (exact) mass is 266 g/mol. The molecule has 1 amide bonds. The maximum Gasteiger partial charge on any atom is 0.387 e. The van der Waals surface area contributed by atoms with E-state index in [9.17, 15) is 13.6 Å². The van der Waals surface area contributed by atoms with Gasteiger partial charge in [0, 0.05) is 5.69 Å². The van der Waals surface area contributed by atoms with E-state index in [0.29, 0.717) is 5.69 Å². The summed E-state index contributed by atoms with van der Waals surface area (Å²) in [5.74, 6) is -0.147. The fourth-order valence-electron chi connectivity index (χ4n) is 1.09. The van der Waals surface area contributed by atoms with Crippen molar-refractivity contribution in [2.45, 2.75) is 6.61 Å². The van der Waals surface area contributed by atoms with Crippen LogP contribution in [0.15, 0.2) is 24.3 Å². The van der Waals surface area contributed by atoms with Gasteiger partial charge in [-0.1, -0.05) is 0 Å². The lowest BCUT2D eigenvalue weighted by molar-refractivity contribution is -0.115. The van der Waals surface area contributed by atoms with Crippen molar-refractivity contribution in [1.29, 1.82) is 0 Å². The molecule has 0 unspecified atom stereocenters. The van der Waals surface area contributed by atoms with Crippen LogP contribution < -0.4 is 15.4 Å². The number of hydrogen-bond acceptors (Lipinski definition) is 3. The first-order valence-electron chi connectivity index (χ1n) is 4.61. The number of carbonyl (C=O) groups is 1. The van der Waals surface area contributed by atoms with Crippen LogP contribution in [0.1, 0.15) is 0 Å². The first-order chi connectivity index (χ1) is 7.61. The number of halogens is 3. The molecule has 0 fully saturated rings. The van der Waals surface area contributed by atoms with E-state index in [1.807, 2.05) is 0 Å². The van der Waals surface area contributed by atoms with Gasteiger partial charge in [-0.2, -0.15) is 8.78 Å². The Bertz CT molecular complexity index is 347. The van der Waals surface area contributed by atoms with Crippen LogP contribution in [0.5, 0.6) is 5.75 Å². The predicted molar refractivity (Wildman–Crippen MR) is 62.9 cm³/mol. The van der Waals surface area contributed by atoms with Gasteiger partial charge < -0.3 is 15.4 Å². The molecule has 1 rings (SSSR count). The molecular formula is C10H13ClF2N2O2. The first-order valence-corrected chi connectivity index (χ1v) is 4.61. The standard InChI is InChI=1S/C10H12F2N2O2.ClH/c1-13-6-9(15)14-7-2-4-8(5-3-7)16-10(11)12;/h2-5,10,13H,6H2,1H3,(H,14,15);1H. The lowest BCUT2D eigenvalue weighted by Gasteiger charge is -2.07. The Morgan fingerprint density at radius 1 is 1.35 bits per heavy atom. The maximum atomic E-state index is 11.8. The maximum absolute atomic E-state index is 11.8. The van der Waals surface area contributed by atoms with Gasteiger partial charge in [0.15, 0.2) is 0 Å². The van der Waals surface area contributed by atoms with Crippen molar-refractivity contribution in [3.05, 3.63) is 24.3 Å². The van der Waals surface area contributed by atoms with E-state index in [1.165, 1.54) is 24.3 Å². The molecule has 0 bridgehead atoms. The predicted octanol–water partition coefficient (Wildman–Crippen LogP) is 1.87. The smallest absolute Gasteiger partial charge is 0.387 e. The third-order valence-electron chi connectivity index (χ3n) is 1.70. The zero-order valence-electron chi connectivity index (χ0n) is 9.07. The summed E-state index contributed by atoms with van der Waals surface area (Å²) in [4.78, 5) is 11.2. The zero-order valence-corrected chi connectivity index (χ0v) is 9.89. The highest BCUT2D eigenvalue weighted by atomic mass is 35.5. The Balaban J connectivity index is 0.00000256. The van der Waals surface area contributed by atoms with Crippen LogP contribution in [0.3, 0.4) is 0 Å². The number of rotatable bonds is 5. The minimum Gasteiger partial charge on any atom is -0.435 e. The molecule has 0 spiro atoms. The molecular weight excluding hydrogens is 254 g/mol. The topological polar surface area (TPSA) is 50.4 Å². The molecule has 96 valence electrons. The van der Waals surface area contributed by atoms with Crippen LogP contribution in [0, 0.1) is 0 Å². The van der Waals surface area contributed by atoms with E-state index in [4.69, 9.17) is 0 Å². The average molecular weight is 267 g/mol. The number of likely N-dealkylation sites (N-methyl/N-ethyl adjacent to an activating group) is 1. The summed E-state index contributed by atoms with van der Waals surface area (Å²) in [6, 6.07) is 5.71. The SMILES string of the molecule is CNCC(=O)Nc1ccc(OC(F)F)cc1.Cl. The van der Waals surface area contributed by atoms with E-state index in [0.717, 1.165) is 0 Å². The van der Waals surface area contributed by atoms with Crippen molar-refractivity contribution >= 4 is 24.0 Å². The molecule has 0 atom stereocenters. The normalized spacial score (nSPS) is 9.65. The van der Waals surface area contributed by atoms with Crippen LogP contribution >= 0.6 is 12.4 Å². The van der Waals surface area contributed by atoms with Crippen LogP contribution in [-0.4, -0.2) is 26.1 Å². The van der Waals surface area contributed by atoms with Gasteiger partial charge in [0.25, 0.3) is 0 Å². The van der Waals surface area contributed by atoms with Crippen molar-refractivity contribution < 1.29 is 18.3 Å². The number of alkyl halides is 2. The Labute approximate surface area is 104 Å². The summed E-state index contributed by atoms with van der Waals surface area (Å²) >= 11 is 0. The third kappa shape index (κ3) is 6.03. The Morgan fingerprint density at radius 3 is 2.41 bits per heavy atom. The molecule has 0 heterocycles. The third-order valence-corrected chi connectivity index (χ3v) is 1.70. The van der Waals surface area contributed by atoms with Crippen LogP contribution in [-0.2, 0) is 4.79 Å². The largest absolute Gasteiger partial charge is 0.435 e. The molecule has 0 saturated carbocycles. The molecule has 2 N–H and O–H groups in total. The van der Waals surface area contributed by atoms with Gasteiger partial charge >= 0.3 is 6.61 Å². The zero-order chi connectivity index (χ0) is 12.0. The van der Waals surface area contributed by atoms with Gasteiger partial charge in [-0.15, -0.1) is 12.4 Å². The second-order valence-corrected chi connectivity index (χ2v) is 2.98. The van der Waals surface area contributed by atoms with Gasteiger partial charge in [0.1, 0.15) is 5.75 Å². The molecule has 0 aliphatic rings. The van der Waals surface area contributed by atoms with Gasteiger partial charge in [0.05, 0.1) is 6.54 Å². The fourth-order valence-corrected chi connectivity index (χ4v) is 1.09. The number of nitrogens with one attached hydrogen (secondary N) is 2. The van der Waals surface area contributed by atoms with Gasteiger partial charge in [-0.3, -0.25) is 4.79 Å². The summed E-state index contributed by atoms with van der Waals surface area (Å²) in [6.45, 7) is -2.65. The van der Waals surface area contributed by atoms with Gasteiger partial charge in [-0.25, -0.2) is 0 Å². The molecule has 0 aliphatic heterocycles. The molecule has 1 aromatic rings. The number of benzene rings is 1. The number of ether oxygens (including phenoxy) is 1. The summed E-state index contributed by atoms with van der Waals surface area (Å²) < 4.78 is 27.8. The Morgan fingerprint density at radius 2 is 1.94 bits per heavy atom. The van der Waals surface area contributed by atoms with Crippen LogP contribution in [0.4, 0.5) is 14.5 Å². The summed E-state index contributed by atoms with van der Waals surface area (Å²) in [5.41, 5.74) is 0.530. The van der Waals surface area contributed by atoms with E-state index >= 15 is 0 Å². The summed E-state index contributed by atoms with van der Waals surface area (Å²) in [7, 11) is 1.65. The lowest BCUT2D eigenvalue weighted by atomic mass is 10.3. The van der Waals surface area contributed by atoms with E-state index in [2.05, 4.69) is 15.4 Å². The minimum absolute atomic E-state index is 0. The molecule has 0 radical (unpaired) electrons. The van der Waals surface area contributed by atoms with Gasteiger partial charge in [-0.05, 0) is 31.3 Å².